The third-order valence-corrected chi connectivity index (χ3v) is 6.39. The van der Waals surface area contributed by atoms with Crippen LogP contribution in [0.1, 0.15) is 23.6 Å². The highest BCUT2D eigenvalue weighted by atomic mass is 32.2. The molecule has 4 rings (SSSR count). The van der Waals surface area contributed by atoms with Gasteiger partial charge in [0.15, 0.2) is 0 Å². The van der Waals surface area contributed by atoms with E-state index in [2.05, 4.69) is 5.10 Å². The summed E-state index contributed by atoms with van der Waals surface area (Å²) in [7, 11) is -3.46. The van der Waals surface area contributed by atoms with Gasteiger partial charge in [-0.2, -0.15) is 9.40 Å². The Morgan fingerprint density at radius 3 is 3.00 bits per heavy atom. The number of benzene rings is 1. The summed E-state index contributed by atoms with van der Waals surface area (Å²) >= 11 is 0. The summed E-state index contributed by atoms with van der Waals surface area (Å²) in [5.41, 5.74) is 2.06. The Bertz CT molecular complexity index is 844. The molecule has 0 amide bonds. The van der Waals surface area contributed by atoms with Gasteiger partial charge < -0.3 is 4.74 Å². The first kappa shape index (κ1) is 14.7. The number of ether oxygens (including phenoxy) is 1. The Morgan fingerprint density at radius 2 is 2.22 bits per heavy atom. The van der Waals surface area contributed by atoms with Crippen LogP contribution >= 0.6 is 0 Å². The number of hydrogen-bond donors (Lipinski definition) is 0. The van der Waals surface area contributed by atoms with E-state index in [0.29, 0.717) is 24.6 Å². The van der Waals surface area contributed by atoms with Crippen molar-refractivity contribution in [2.24, 2.45) is 0 Å². The molecule has 0 saturated carbocycles. The van der Waals surface area contributed by atoms with Crippen molar-refractivity contribution in [3.05, 3.63) is 41.7 Å². The van der Waals surface area contributed by atoms with Crippen LogP contribution in [0.4, 0.5) is 0 Å². The summed E-state index contributed by atoms with van der Waals surface area (Å²) in [5, 5.41) is 4.31. The van der Waals surface area contributed by atoms with Crippen molar-refractivity contribution in [1.29, 1.82) is 0 Å². The van der Waals surface area contributed by atoms with Gasteiger partial charge in [-0.15, -0.1) is 0 Å². The average molecular weight is 333 g/mol. The van der Waals surface area contributed by atoms with Crippen LogP contribution in [-0.2, 0) is 16.4 Å². The molecule has 6 nitrogen and oxygen atoms in total. The van der Waals surface area contributed by atoms with Gasteiger partial charge in [0.05, 0.1) is 23.7 Å². The Morgan fingerprint density at radius 1 is 1.35 bits per heavy atom. The number of fused-ring (bicyclic) bond motifs is 1. The second kappa shape index (κ2) is 5.35. The molecule has 7 heteroatoms. The molecule has 122 valence electrons. The summed E-state index contributed by atoms with van der Waals surface area (Å²) in [6.45, 7) is 3.61. The molecule has 2 aromatic rings. The lowest BCUT2D eigenvalue weighted by Gasteiger charge is -2.17. The van der Waals surface area contributed by atoms with Crippen LogP contribution in [0.5, 0.6) is 5.75 Å². The van der Waals surface area contributed by atoms with Crippen LogP contribution in [0.2, 0.25) is 0 Å². The van der Waals surface area contributed by atoms with Gasteiger partial charge in [-0.25, -0.2) is 8.42 Å². The Labute approximate surface area is 135 Å². The zero-order valence-corrected chi connectivity index (χ0v) is 13.8. The maximum atomic E-state index is 12.9. The van der Waals surface area contributed by atoms with Crippen molar-refractivity contribution in [3.63, 3.8) is 0 Å². The Kier molecular flexibility index (Phi) is 3.42. The lowest BCUT2D eigenvalue weighted by molar-refractivity contribution is 0.356. The maximum absolute atomic E-state index is 12.9. The topological polar surface area (TPSA) is 64.4 Å². The quantitative estimate of drug-likeness (QED) is 0.858. The predicted octanol–water partition coefficient (Wildman–Crippen LogP) is 1.76. The average Bonchev–Trinajstić information content (AvgIpc) is 3.26. The van der Waals surface area contributed by atoms with E-state index < -0.39 is 10.0 Å². The summed E-state index contributed by atoms with van der Waals surface area (Å²) in [6.07, 6.45) is 5.33. The van der Waals surface area contributed by atoms with E-state index in [1.807, 2.05) is 17.8 Å². The first-order chi connectivity index (χ1) is 11.0. The molecule has 2 aliphatic heterocycles. The molecule has 0 bridgehead atoms. The molecule has 1 atom stereocenters. The van der Waals surface area contributed by atoms with Crippen LogP contribution in [-0.4, -0.2) is 42.2 Å². The first-order valence-electron chi connectivity index (χ1n) is 7.81. The number of aryl methyl sites for hydroxylation is 1. The molecule has 0 N–H and O–H groups in total. The zero-order chi connectivity index (χ0) is 16.0. The first-order valence-corrected chi connectivity index (χ1v) is 9.25. The number of nitrogens with zero attached hydrogens (tertiary/aromatic N) is 3. The highest BCUT2D eigenvalue weighted by molar-refractivity contribution is 7.89. The van der Waals surface area contributed by atoms with E-state index in [4.69, 9.17) is 4.74 Å². The molecule has 2 aliphatic rings. The van der Waals surface area contributed by atoms with E-state index in [0.717, 1.165) is 29.7 Å². The third kappa shape index (κ3) is 2.53. The van der Waals surface area contributed by atoms with Gasteiger partial charge in [0.2, 0.25) is 10.0 Å². The molecule has 1 unspecified atom stereocenters. The molecule has 1 aromatic heterocycles. The van der Waals surface area contributed by atoms with Gasteiger partial charge in [0, 0.05) is 25.7 Å². The highest BCUT2D eigenvalue weighted by Crippen LogP contribution is 2.31. The van der Waals surface area contributed by atoms with Gasteiger partial charge in [-0.1, -0.05) is 0 Å². The largest absolute Gasteiger partial charge is 0.493 e. The minimum Gasteiger partial charge on any atom is -0.493 e. The zero-order valence-electron chi connectivity index (χ0n) is 13.0. The molecule has 1 fully saturated rings. The molecule has 0 spiro atoms. The van der Waals surface area contributed by atoms with Crippen molar-refractivity contribution in [2.75, 3.05) is 19.7 Å². The van der Waals surface area contributed by atoms with Crippen LogP contribution in [0.3, 0.4) is 0 Å². The highest BCUT2D eigenvalue weighted by Gasteiger charge is 2.34. The van der Waals surface area contributed by atoms with Gasteiger partial charge in [0.25, 0.3) is 0 Å². The van der Waals surface area contributed by atoms with Crippen molar-refractivity contribution >= 4 is 10.0 Å². The summed E-state index contributed by atoms with van der Waals surface area (Å²) in [4.78, 5) is 0.360. The molecule has 0 aliphatic carbocycles. The molecule has 3 heterocycles. The van der Waals surface area contributed by atoms with E-state index in [9.17, 15) is 8.42 Å². The van der Waals surface area contributed by atoms with E-state index >= 15 is 0 Å². The van der Waals surface area contributed by atoms with Crippen molar-refractivity contribution in [3.8, 4) is 5.75 Å². The smallest absolute Gasteiger partial charge is 0.243 e. The predicted molar refractivity (Wildman–Crippen MR) is 85.0 cm³/mol. The molecule has 1 saturated heterocycles. The molecule has 1 aromatic carbocycles. The fourth-order valence-electron chi connectivity index (χ4n) is 3.25. The maximum Gasteiger partial charge on any atom is 0.243 e. The SMILES string of the molecule is Cc1cnn(C2CCN(S(=O)(=O)c3ccc4c(c3)CCO4)C2)c1. The Hall–Kier alpha value is -1.86. The summed E-state index contributed by atoms with van der Waals surface area (Å²) in [5.74, 6) is 0.801. The van der Waals surface area contributed by atoms with Gasteiger partial charge in [-0.3, -0.25) is 4.68 Å². The third-order valence-electron chi connectivity index (χ3n) is 4.53. The van der Waals surface area contributed by atoms with E-state index in [1.165, 1.54) is 0 Å². The Balaban J connectivity index is 1.57. The minimum absolute atomic E-state index is 0.108. The molecular formula is C16H19N3O3S. The van der Waals surface area contributed by atoms with Crippen LogP contribution < -0.4 is 4.74 Å². The fourth-order valence-corrected chi connectivity index (χ4v) is 4.79. The van der Waals surface area contributed by atoms with Crippen molar-refractivity contribution in [2.45, 2.75) is 30.7 Å². The summed E-state index contributed by atoms with van der Waals surface area (Å²) < 4.78 is 34.6. The van der Waals surface area contributed by atoms with Crippen LogP contribution in [0.15, 0.2) is 35.5 Å². The number of rotatable bonds is 3. The van der Waals surface area contributed by atoms with Crippen molar-refractivity contribution in [1.82, 2.24) is 14.1 Å². The van der Waals surface area contributed by atoms with E-state index in [-0.39, 0.29) is 6.04 Å². The monoisotopic (exact) mass is 333 g/mol. The fraction of sp³-hybridized carbons (Fsp3) is 0.438. The number of hydrogen-bond acceptors (Lipinski definition) is 4. The standard InChI is InChI=1S/C16H19N3O3S/c1-12-9-17-19(10-12)14-4-6-18(11-14)23(20,21)15-2-3-16-13(8-15)5-7-22-16/h2-3,8-10,14H,4-7,11H2,1H3. The molecule has 0 radical (unpaired) electrons. The van der Waals surface area contributed by atoms with Gasteiger partial charge >= 0.3 is 0 Å². The summed E-state index contributed by atoms with van der Waals surface area (Å²) in [6, 6.07) is 5.27. The van der Waals surface area contributed by atoms with Crippen molar-refractivity contribution < 1.29 is 13.2 Å². The second-order valence-electron chi connectivity index (χ2n) is 6.17. The minimum atomic E-state index is -3.46. The number of sulfonamides is 1. The number of aromatic nitrogens is 2. The van der Waals surface area contributed by atoms with Crippen LogP contribution in [0, 0.1) is 6.92 Å². The lowest BCUT2D eigenvalue weighted by atomic mass is 10.2. The van der Waals surface area contributed by atoms with Crippen LogP contribution in [0.25, 0.3) is 0 Å². The van der Waals surface area contributed by atoms with Gasteiger partial charge in [-0.05, 0) is 42.7 Å². The molecular weight excluding hydrogens is 314 g/mol. The second-order valence-corrected chi connectivity index (χ2v) is 8.11. The lowest BCUT2D eigenvalue weighted by Crippen LogP contribution is -2.29. The van der Waals surface area contributed by atoms with E-state index in [1.54, 1.807) is 28.7 Å². The van der Waals surface area contributed by atoms with Gasteiger partial charge in [0.1, 0.15) is 5.75 Å². The normalized spacial score (nSPS) is 21.3. The molecule has 23 heavy (non-hydrogen) atoms.